The Bertz CT molecular complexity index is 857. The molecule has 2 atom stereocenters. The van der Waals surface area contributed by atoms with Crippen molar-refractivity contribution < 1.29 is 14.7 Å². The summed E-state index contributed by atoms with van der Waals surface area (Å²) >= 11 is 6.04. The van der Waals surface area contributed by atoms with Gasteiger partial charge in [0.25, 0.3) is 0 Å². The van der Waals surface area contributed by atoms with Gasteiger partial charge in [0.2, 0.25) is 5.91 Å². The van der Waals surface area contributed by atoms with E-state index >= 15 is 0 Å². The number of piperazine rings is 1. The molecule has 1 saturated heterocycles. The van der Waals surface area contributed by atoms with E-state index in [2.05, 4.69) is 18.7 Å². The van der Waals surface area contributed by atoms with E-state index in [9.17, 15) is 9.59 Å². The van der Waals surface area contributed by atoms with Crippen LogP contribution in [-0.4, -0.2) is 58.4 Å². The third-order valence-electron chi connectivity index (χ3n) is 5.35. The van der Waals surface area contributed by atoms with Crippen molar-refractivity contribution >= 4 is 23.3 Å². The highest BCUT2D eigenvalue weighted by Crippen LogP contribution is 2.20. The fraction of sp³-hybridized carbons (Fsp3) is 0.391. The van der Waals surface area contributed by atoms with Crippen LogP contribution in [0.1, 0.15) is 35.3 Å². The second-order valence-corrected chi connectivity index (χ2v) is 8.21. The van der Waals surface area contributed by atoms with Gasteiger partial charge in [0, 0.05) is 42.3 Å². The lowest BCUT2D eigenvalue weighted by molar-refractivity contribution is -0.138. The minimum Gasteiger partial charge on any atom is -0.388 e. The van der Waals surface area contributed by atoms with Crippen molar-refractivity contribution in [1.29, 1.82) is 0 Å². The summed E-state index contributed by atoms with van der Waals surface area (Å²) in [6.45, 7) is 6.05. The first-order valence-electron chi connectivity index (χ1n) is 9.88. The van der Waals surface area contributed by atoms with Gasteiger partial charge in [0.1, 0.15) is 6.61 Å². The summed E-state index contributed by atoms with van der Waals surface area (Å²) < 4.78 is 0. The highest BCUT2D eigenvalue weighted by Gasteiger charge is 2.32. The first-order chi connectivity index (χ1) is 13.9. The second-order valence-electron chi connectivity index (χ2n) is 7.78. The molecule has 1 aliphatic heterocycles. The predicted molar refractivity (Wildman–Crippen MR) is 114 cm³/mol. The Balaban J connectivity index is 1.60. The van der Waals surface area contributed by atoms with Crippen molar-refractivity contribution in [3.63, 3.8) is 0 Å². The van der Waals surface area contributed by atoms with Crippen LogP contribution >= 0.6 is 11.6 Å². The van der Waals surface area contributed by atoms with E-state index in [-0.39, 0.29) is 23.8 Å². The number of carbonyl (C=O) groups is 2. The van der Waals surface area contributed by atoms with Crippen molar-refractivity contribution in [3.8, 4) is 0 Å². The number of aliphatic hydroxyl groups excluding tert-OH is 1. The van der Waals surface area contributed by atoms with Crippen molar-refractivity contribution in [2.24, 2.45) is 0 Å². The van der Waals surface area contributed by atoms with E-state index in [1.807, 2.05) is 41.3 Å². The van der Waals surface area contributed by atoms with Gasteiger partial charge in [-0.25, -0.2) is 0 Å². The highest BCUT2D eigenvalue weighted by atomic mass is 35.5. The molecule has 1 N–H and O–H groups in total. The molecule has 1 amide bonds. The number of amides is 1. The summed E-state index contributed by atoms with van der Waals surface area (Å²) in [5.74, 6) is -0.149. The molecule has 3 rings (SSSR count). The van der Waals surface area contributed by atoms with Gasteiger partial charge in [0.05, 0.1) is 6.42 Å². The molecule has 5 nitrogen and oxygen atoms in total. The van der Waals surface area contributed by atoms with Gasteiger partial charge >= 0.3 is 0 Å². The Morgan fingerprint density at radius 1 is 1.03 bits per heavy atom. The molecule has 0 saturated carbocycles. The topological polar surface area (TPSA) is 60.9 Å². The lowest BCUT2D eigenvalue weighted by atomic mass is 10.0. The number of hydrogen-bond donors (Lipinski definition) is 1. The normalized spacial score (nSPS) is 19.9. The number of rotatable bonds is 6. The van der Waals surface area contributed by atoms with E-state index in [0.29, 0.717) is 17.0 Å². The van der Waals surface area contributed by atoms with Crippen LogP contribution in [0.4, 0.5) is 0 Å². The van der Waals surface area contributed by atoms with Crippen molar-refractivity contribution in [2.75, 3.05) is 19.7 Å². The Morgan fingerprint density at radius 2 is 1.69 bits per heavy atom. The molecule has 0 aromatic heterocycles. The minimum absolute atomic E-state index is 0.112. The summed E-state index contributed by atoms with van der Waals surface area (Å²) in [6, 6.07) is 15.0. The monoisotopic (exact) mass is 414 g/mol. The summed E-state index contributed by atoms with van der Waals surface area (Å²) in [6.07, 6.45) is 0.357. The number of carbonyl (C=O) groups excluding carboxylic acids is 2. The lowest BCUT2D eigenvalue weighted by Crippen LogP contribution is -2.58. The number of benzene rings is 2. The number of Topliss-reactive ketones (excluding diaryl/α,β-unsaturated/α-hetero) is 1. The fourth-order valence-corrected chi connectivity index (χ4v) is 4.32. The molecule has 0 spiro atoms. The van der Waals surface area contributed by atoms with Crippen molar-refractivity contribution in [3.05, 3.63) is 70.2 Å². The molecule has 1 fully saturated rings. The van der Waals surface area contributed by atoms with Crippen LogP contribution in [0.15, 0.2) is 48.5 Å². The number of ketones is 1. The summed E-state index contributed by atoms with van der Waals surface area (Å²) in [5, 5.41) is 9.60. The summed E-state index contributed by atoms with van der Waals surface area (Å²) in [5.41, 5.74) is 2.56. The van der Waals surface area contributed by atoms with Crippen LogP contribution in [-0.2, 0) is 17.8 Å². The maximum atomic E-state index is 12.9. The van der Waals surface area contributed by atoms with E-state index in [4.69, 9.17) is 16.7 Å². The zero-order valence-corrected chi connectivity index (χ0v) is 17.6. The Morgan fingerprint density at radius 3 is 2.28 bits per heavy atom. The van der Waals surface area contributed by atoms with Crippen LogP contribution in [0.3, 0.4) is 0 Å². The summed E-state index contributed by atoms with van der Waals surface area (Å²) in [7, 11) is 0. The Labute approximate surface area is 176 Å². The number of nitrogens with zero attached hydrogens (tertiary/aromatic N) is 2. The first kappa shape index (κ1) is 21.5. The maximum absolute atomic E-state index is 12.9. The average Bonchev–Trinajstić information content (AvgIpc) is 2.67. The van der Waals surface area contributed by atoms with Crippen LogP contribution in [0.2, 0.25) is 5.02 Å². The molecule has 29 heavy (non-hydrogen) atoms. The SMILES string of the molecule is C[C@@H]1CN(Cc2ccc(C(=O)CO)cc2)C[C@H](C)N1C(=O)Cc1cccc(Cl)c1. The molecule has 1 aliphatic rings. The molecular formula is C23H27ClN2O3. The van der Waals surface area contributed by atoms with Crippen molar-refractivity contribution in [2.45, 2.75) is 38.9 Å². The standard InChI is InChI=1S/C23H27ClN2O3/c1-16-12-25(14-18-6-8-20(9-7-18)22(28)15-27)13-17(2)26(16)23(29)11-19-4-3-5-21(24)10-19/h3-10,16-17,27H,11-15H2,1-2H3/t16-,17+. The van der Waals surface area contributed by atoms with E-state index in [1.165, 1.54) is 0 Å². The molecule has 0 unspecified atom stereocenters. The van der Waals surface area contributed by atoms with Gasteiger partial charge in [-0.3, -0.25) is 14.5 Å². The number of halogens is 1. The van der Waals surface area contributed by atoms with Crippen LogP contribution < -0.4 is 0 Å². The minimum atomic E-state index is -0.473. The first-order valence-corrected chi connectivity index (χ1v) is 10.3. The largest absolute Gasteiger partial charge is 0.388 e. The van der Waals surface area contributed by atoms with E-state index < -0.39 is 6.61 Å². The lowest BCUT2D eigenvalue weighted by Gasteiger charge is -2.44. The molecule has 154 valence electrons. The van der Waals surface area contributed by atoms with Crippen LogP contribution in [0.5, 0.6) is 0 Å². The average molecular weight is 415 g/mol. The van der Waals surface area contributed by atoms with Gasteiger partial charge in [0.15, 0.2) is 5.78 Å². The van der Waals surface area contributed by atoms with Crippen LogP contribution in [0, 0.1) is 0 Å². The Hall–Kier alpha value is -2.21. The maximum Gasteiger partial charge on any atom is 0.227 e. The molecule has 0 radical (unpaired) electrons. The van der Waals surface area contributed by atoms with Gasteiger partial charge in [-0.15, -0.1) is 0 Å². The number of hydrogen-bond acceptors (Lipinski definition) is 4. The molecule has 0 aliphatic carbocycles. The molecular weight excluding hydrogens is 388 g/mol. The van der Waals surface area contributed by atoms with E-state index in [0.717, 1.165) is 30.8 Å². The third-order valence-corrected chi connectivity index (χ3v) is 5.59. The van der Waals surface area contributed by atoms with E-state index in [1.54, 1.807) is 12.1 Å². The highest BCUT2D eigenvalue weighted by molar-refractivity contribution is 6.30. The van der Waals surface area contributed by atoms with Crippen molar-refractivity contribution in [1.82, 2.24) is 9.80 Å². The van der Waals surface area contributed by atoms with Gasteiger partial charge < -0.3 is 10.0 Å². The zero-order chi connectivity index (χ0) is 21.0. The molecule has 1 heterocycles. The quantitative estimate of drug-likeness (QED) is 0.737. The van der Waals surface area contributed by atoms with Gasteiger partial charge in [-0.2, -0.15) is 0 Å². The molecule has 0 bridgehead atoms. The fourth-order valence-electron chi connectivity index (χ4n) is 4.11. The third kappa shape index (κ3) is 5.44. The Kier molecular flexibility index (Phi) is 7.06. The molecule has 2 aromatic rings. The van der Waals surface area contributed by atoms with Gasteiger partial charge in [-0.1, -0.05) is 48.0 Å². The summed E-state index contributed by atoms with van der Waals surface area (Å²) in [4.78, 5) is 28.8. The number of aliphatic hydroxyl groups is 1. The second kappa shape index (κ2) is 9.53. The predicted octanol–water partition coefficient (Wildman–Crippen LogP) is 3.18. The smallest absolute Gasteiger partial charge is 0.227 e. The van der Waals surface area contributed by atoms with Gasteiger partial charge in [-0.05, 0) is 37.1 Å². The van der Waals surface area contributed by atoms with Crippen LogP contribution in [0.25, 0.3) is 0 Å². The molecule has 6 heteroatoms. The molecule has 2 aromatic carbocycles. The zero-order valence-electron chi connectivity index (χ0n) is 16.8.